The van der Waals surface area contributed by atoms with Crippen molar-refractivity contribution in [1.29, 1.82) is 0 Å². The van der Waals surface area contributed by atoms with Gasteiger partial charge in [0.2, 0.25) is 0 Å². The van der Waals surface area contributed by atoms with Crippen molar-refractivity contribution in [3.8, 4) is 11.5 Å². The zero-order chi connectivity index (χ0) is 17.1. The maximum atomic E-state index is 6.49. The third-order valence-electron chi connectivity index (χ3n) is 4.13. The number of fused-ring (bicyclic) bond motifs is 1. The Morgan fingerprint density at radius 2 is 2.12 bits per heavy atom. The molecule has 0 N–H and O–H groups in total. The maximum Gasteiger partial charge on any atom is 0.187 e. The Hall–Kier alpha value is -1.50. The predicted octanol–water partition coefficient (Wildman–Crippen LogP) is 3.43. The average molecular weight is 366 g/mol. The molecule has 0 aliphatic carbocycles. The van der Waals surface area contributed by atoms with Crippen LogP contribution in [0.3, 0.4) is 0 Å². The number of aromatic nitrogens is 2. The summed E-state index contributed by atoms with van der Waals surface area (Å²) in [6, 6.07) is 3.89. The van der Waals surface area contributed by atoms with E-state index in [0.717, 1.165) is 42.5 Å². The van der Waals surface area contributed by atoms with Gasteiger partial charge < -0.3 is 9.47 Å². The van der Waals surface area contributed by atoms with Crippen LogP contribution < -0.4 is 9.47 Å². The molecule has 0 atom stereocenters. The van der Waals surface area contributed by atoms with E-state index in [4.69, 9.17) is 21.1 Å². The molecule has 1 aliphatic heterocycles. The molecule has 1 aliphatic rings. The molecule has 0 unspecified atom stereocenters. The average Bonchev–Trinajstić information content (AvgIpc) is 2.62. The van der Waals surface area contributed by atoms with E-state index in [-0.39, 0.29) is 0 Å². The van der Waals surface area contributed by atoms with Crippen LogP contribution in [0, 0.1) is 0 Å². The largest absolute Gasteiger partial charge is 0.493 e. The van der Waals surface area contributed by atoms with Gasteiger partial charge in [0.05, 0.1) is 24.9 Å². The lowest BCUT2D eigenvalue weighted by atomic mass is 10.1. The molecule has 2 aromatic rings. The van der Waals surface area contributed by atoms with Gasteiger partial charge >= 0.3 is 0 Å². The maximum absolute atomic E-state index is 6.49. The summed E-state index contributed by atoms with van der Waals surface area (Å²) in [5, 5.41) is 1.45. The predicted molar refractivity (Wildman–Crippen MR) is 96.2 cm³/mol. The highest BCUT2D eigenvalue weighted by atomic mass is 35.5. The van der Waals surface area contributed by atoms with Gasteiger partial charge in [-0.25, -0.2) is 9.97 Å². The molecule has 0 amide bonds. The third kappa shape index (κ3) is 3.45. The molecule has 0 radical (unpaired) electrons. The van der Waals surface area contributed by atoms with Crippen molar-refractivity contribution in [3.63, 3.8) is 0 Å². The van der Waals surface area contributed by atoms with E-state index in [2.05, 4.69) is 14.9 Å². The van der Waals surface area contributed by atoms with Crippen LogP contribution in [0.15, 0.2) is 23.5 Å². The van der Waals surface area contributed by atoms with Gasteiger partial charge in [0.25, 0.3) is 0 Å². The highest BCUT2D eigenvalue weighted by Gasteiger charge is 2.21. The van der Waals surface area contributed by atoms with Gasteiger partial charge in [-0.3, -0.25) is 4.90 Å². The third-order valence-corrected chi connectivity index (χ3v) is 5.11. The van der Waals surface area contributed by atoms with Crippen molar-refractivity contribution in [3.05, 3.63) is 40.2 Å². The first kappa shape index (κ1) is 17.3. The van der Waals surface area contributed by atoms with Gasteiger partial charge in [0.1, 0.15) is 0 Å². The SMILES string of the molecule is COc1ccc(CN2CCc3nc(SC)ncc3C2)c(Cl)c1OC. The monoisotopic (exact) mass is 365 g/mol. The van der Waals surface area contributed by atoms with Crippen molar-refractivity contribution in [2.45, 2.75) is 24.7 Å². The quantitative estimate of drug-likeness (QED) is 0.597. The van der Waals surface area contributed by atoms with Crippen molar-refractivity contribution >= 4 is 23.4 Å². The molecular formula is C17H20ClN3O2S. The highest BCUT2D eigenvalue weighted by molar-refractivity contribution is 7.98. The van der Waals surface area contributed by atoms with Gasteiger partial charge in [-0.15, -0.1) is 0 Å². The van der Waals surface area contributed by atoms with E-state index in [0.29, 0.717) is 16.5 Å². The van der Waals surface area contributed by atoms with Crippen LogP contribution in [0.4, 0.5) is 0 Å². The number of hydrogen-bond donors (Lipinski definition) is 0. The normalized spacial score (nSPS) is 14.3. The number of halogens is 1. The second-order valence-electron chi connectivity index (χ2n) is 5.56. The van der Waals surface area contributed by atoms with E-state index in [9.17, 15) is 0 Å². The van der Waals surface area contributed by atoms with Crippen LogP contribution in [0.25, 0.3) is 0 Å². The zero-order valence-electron chi connectivity index (χ0n) is 14.0. The zero-order valence-corrected chi connectivity index (χ0v) is 15.6. The second-order valence-corrected chi connectivity index (χ2v) is 6.71. The number of hydrogen-bond acceptors (Lipinski definition) is 6. The summed E-state index contributed by atoms with van der Waals surface area (Å²) in [7, 11) is 3.21. The number of rotatable bonds is 5. The van der Waals surface area contributed by atoms with Crippen LogP contribution in [0.5, 0.6) is 11.5 Å². The molecule has 0 saturated heterocycles. The summed E-state index contributed by atoms with van der Waals surface area (Å²) >= 11 is 8.07. The summed E-state index contributed by atoms with van der Waals surface area (Å²) in [5.74, 6) is 1.23. The van der Waals surface area contributed by atoms with Gasteiger partial charge in [-0.2, -0.15) is 0 Å². The fraction of sp³-hybridized carbons (Fsp3) is 0.412. The molecule has 1 aromatic carbocycles. The first-order valence-corrected chi connectivity index (χ1v) is 9.27. The van der Waals surface area contributed by atoms with Crippen LogP contribution >= 0.6 is 23.4 Å². The van der Waals surface area contributed by atoms with Crippen molar-refractivity contribution in [2.75, 3.05) is 27.0 Å². The smallest absolute Gasteiger partial charge is 0.187 e. The number of methoxy groups -OCH3 is 2. The first-order valence-electron chi connectivity index (χ1n) is 7.66. The minimum Gasteiger partial charge on any atom is -0.493 e. The van der Waals surface area contributed by atoms with E-state index >= 15 is 0 Å². The molecule has 0 spiro atoms. The molecule has 1 aromatic heterocycles. The number of ether oxygens (including phenoxy) is 2. The van der Waals surface area contributed by atoms with Gasteiger partial charge in [-0.05, 0) is 17.9 Å². The Morgan fingerprint density at radius 3 is 2.83 bits per heavy atom. The Bertz CT molecular complexity index is 742. The molecule has 0 saturated carbocycles. The Labute approximate surface area is 151 Å². The molecule has 3 rings (SSSR count). The van der Waals surface area contributed by atoms with Crippen LogP contribution in [0.2, 0.25) is 5.02 Å². The number of benzene rings is 1. The van der Waals surface area contributed by atoms with Gasteiger partial charge in [0, 0.05) is 37.8 Å². The summed E-state index contributed by atoms with van der Waals surface area (Å²) < 4.78 is 10.7. The number of nitrogens with zero attached hydrogens (tertiary/aromatic N) is 3. The van der Waals surface area contributed by atoms with E-state index in [1.807, 2.05) is 24.6 Å². The fourth-order valence-corrected chi connectivity index (χ4v) is 3.54. The lowest BCUT2D eigenvalue weighted by Crippen LogP contribution is -2.31. The van der Waals surface area contributed by atoms with Crippen molar-refractivity contribution in [2.24, 2.45) is 0 Å². The minimum absolute atomic E-state index is 0.585. The lowest BCUT2D eigenvalue weighted by Gasteiger charge is -2.28. The standard InChI is InChI=1S/C17H20ClN3O2S/c1-22-14-5-4-11(15(18)16(14)23-2)9-21-7-6-13-12(10-21)8-19-17(20-13)24-3/h4-5,8H,6-7,9-10H2,1-3H3. The molecule has 24 heavy (non-hydrogen) atoms. The molecule has 7 heteroatoms. The van der Waals surface area contributed by atoms with Gasteiger partial charge in [0.15, 0.2) is 16.7 Å². The molecule has 5 nitrogen and oxygen atoms in total. The Morgan fingerprint density at radius 1 is 1.29 bits per heavy atom. The molecule has 128 valence electrons. The summed E-state index contributed by atoms with van der Waals surface area (Å²) in [4.78, 5) is 11.3. The van der Waals surface area contributed by atoms with Crippen LogP contribution in [0.1, 0.15) is 16.8 Å². The number of thioether (sulfide) groups is 1. The summed E-state index contributed by atoms with van der Waals surface area (Å²) in [6.45, 7) is 2.53. The Balaban J connectivity index is 1.78. The molecule has 2 heterocycles. The van der Waals surface area contributed by atoms with Crippen molar-refractivity contribution in [1.82, 2.24) is 14.9 Å². The lowest BCUT2D eigenvalue weighted by molar-refractivity contribution is 0.241. The Kier molecular flexibility index (Phi) is 5.48. The van der Waals surface area contributed by atoms with Gasteiger partial charge in [-0.1, -0.05) is 29.4 Å². The molecule has 0 bridgehead atoms. The minimum atomic E-state index is 0.585. The van der Waals surface area contributed by atoms with E-state index in [1.54, 1.807) is 26.0 Å². The summed E-state index contributed by atoms with van der Waals surface area (Å²) in [6.07, 6.45) is 4.86. The van der Waals surface area contributed by atoms with Crippen molar-refractivity contribution < 1.29 is 9.47 Å². The van der Waals surface area contributed by atoms with Crippen LogP contribution in [-0.4, -0.2) is 41.9 Å². The first-order chi connectivity index (χ1) is 11.7. The van der Waals surface area contributed by atoms with E-state index < -0.39 is 0 Å². The van der Waals surface area contributed by atoms with E-state index in [1.165, 1.54) is 5.56 Å². The molecule has 0 fully saturated rings. The fourth-order valence-electron chi connectivity index (χ4n) is 2.88. The molecular weight excluding hydrogens is 346 g/mol. The topological polar surface area (TPSA) is 47.5 Å². The highest BCUT2D eigenvalue weighted by Crippen LogP contribution is 2.38. The van der Waals surface area contributed by atoms with Crippen LogP contribution in [-0.2, 0) is 19.5 Å². The summed E-state index contributed by atoms with van der Waals surface area (Å²) in [5.41, 5.74) is 3.37. The second kappa shape index (κ2) is 7.59.